The second-order valence-electron chi connectivity index (χ2n) is 4.10. The van der Waals surface area contributed by atoms with Crippen LogP contribution in [0.15, 0.2) is 27.8 Å². The summed E-state index contributed by atoms with van der Waals surface area (Å²) >= 11 is 3.38. The minimum Gasteiger partial charge on any atom is -0.496 e. The largest absolute Gasteiger partial charge is 0.496 e. The first-order chi connectivity index (χ1) is 10.1. The van der Waals surface area contributed by atoms with Crippen molar-refractivity contribution in [2.45, 2.75) is 12.5 Å². The van der Waals surface area contributed by atoms with Crippen LogP contribution in [0.2, 0.25) is 0 Å². The third kappa shape index (κ3) is 5.26. The topological polar surface area (TPSA) is 96.3 Å². The number of hydrogen-bond donors (Lipinski definition) is 1. The van der Waals surface area contributed by atoms with Crippen molar-refractivity contribution in [1.82, 2.24) is 5.32 Å². The molecule has 1 N–H and O–H groups in total. The number of hydrogen-bond acceptors (Lipinski definition) is 5. The van der Waals surface area contributed by atoms with E-state index in [0.717, 1.165) is 4.47 Å². The molecule has 8 heteroatoms. The van der Waals surface area contributed by atoms with Crippen molar-refractivity contribution in [3.05, 3.63) is 38.7 Å². The molecule has 1 atom stereocenters. The van der Waals surface area contributed by atoms with Crippen molar-refractivity contribution in [3.8, 4) is 5.75 Å². The van der Waals surface area contributed by atoms with Crippen LogP contribution in [0, 0.1) is 0 Å². The van der Waals surface area contributed by atoms with Gasteiger partial charge in [-0.25, -0.2) is 4.79 Å². The molecule has 1 aromatic rings. The molecule has 0 amide bonds. The second kappa shape index (κ2) is 9.23. The molecule has 0 aliphatic heterocycles. The van der Waals surface area contributed by atoms with E-state index in [1.165, 1.54) is 7.11 Å². The van der Waals surface area contributed by atoms with Crippen LogP contribution in [-0.2, 0) is 9.53 Å². The number of benzene rings is 1. The highest BCUT2D eigenvalue weighted by Crippen LogP contribution is 2.29. The van der Waals surface area contributed by atoms with Crippen LogP contribution in [0.3, 0.4) is 0 Å². The first-order valence-electron chi connectivity index (χ1n) is 6.29. The molecule has 1 unspecified atom stereocenters. The first-order valence-corrected chi connectivity index (χ1v) is 7.08. The lowest BCUT2D eigenvalue weighted by Crippen LogP contribution is -2.31. The molecule has 114 valence electrons. The van der Waals surface area contributed by atoms with Gasteiger partial charge < -0.3 is 14.8 Å². The summed E-state index contributed by atoms with van der Waals surface area (Å²) in [4.78, 5) is 14.7. The van der Waals surface area contributed by atoms with Gasteiger partial charge >= 0.3 is 5.97 Å². The molecule has 0 radical (unpaired) electrons. The van der Waals surface area contributed by atoms with Crippen molar-refractivity contribution in [1.29, 1.82) is 0 Å². The van der Waals surface area contributed by atoms with E-state index in [4.69, 9.17) is 15.0 Å². The third-order valence-corrected chi connectivity index (χ3v) is 3.28. The van der Waals surface area contributed by atoms with Crippen molar-refractivity contribution in [3.63, 3.8) is 0 Å². The molecule has 0 saturated carbocycles. The van der Waals surface area contributed by atoms with Gasteiger partial charge in [-0.3, -0.25) is 0 Å². The van der Waals surface area contributed by atoms with Crippen molar-refractivity contribution < 1.29 is 14.3 Å². The monoisotopic (exact) mass is 356 g/mol. The Bertz CT molecular complexity index is 532. The van der Waals surface area contributed by atoms with E-state index in [9.17, 15) is 4.79 Å². The van der Waals surface area contributed by atoms with E-state index in [1.54, 1.807) is 19.2 Å². The van der Waals surface area contributed by atoms with Crippen LogP contribution < -0.4 is 10.1 Å². The molecule has 0 fully saturated rings. The number of rotatable bonds is 8. The quantitative estimate of drug-likeness (QED) is 0.254. The maximum atomic E-state index is 12.0. The van der Waals surface area contributed by atoms with Gasteiger partial charge in [-0.05, 0) is 36.7 Å². The zero-order chi connectivity index (χ0) is 15.7. The highest BCUT2D eigenvalue weighted by atomic mass is 79.9. The average Bonchev–Trinajstić information content (AvgIpc) is 2.50. The summed E-state index contributed by atoms with van der Waals surface area (Å²) in [5.41, 5.74) is 8.90. The summed E-state index contributed by atoms with van der Waals surface area (Å²) < 4.78 is 11.0. The predicted octanol–water partition coefficient (Wildman–Crippen LogP) is 2.96. The Morgan fingerprint density at radius 1 is 1.52 bits per heavy atom. The van der Waals surface area contributed by atoms with Gasteiger partial charge in [-0.15, -0.1) is 0 Å². The minimum absolute atomic E-state index is 0.368. The Kier molecular flexibility index (Phi) is 7.60. The highest BCUT2D eigenvalue weighted by Gasteiger charge is 2.24. The van der Waals surface area contributed by atoms with Gasteiger partial charge in [0.25, 0.3) is 0 Å². The molecule has 0 aliphatic rings. The van der Waals surface area contributed by atoms with Crippen molar-refractivity contribution in [2.24, 2.45) is 5.11 Å². The summed E-state index contributed by atoms with van der Waals surface area (Å²) in [7, 11) is 2.88. The minimum atomic E-state index is -0.645. The molecular formula is C13H17BrN4O3. The lowest BCUT2D eigenvalue weighted by atomic mass is 10.1. The molecule has 0 spiro atoms. The highest BCUT2D eigenvalue weighted by molar-refractivity contribution is 9.10. The Labute approximate surface area is 131 Å². The van der Waals surface area contributed by atoms with Crippen LogP contribution in [-0.4, -0.2) is 33.3 Å². The maximum Gasteiger partial charge on any atom is 0.327 e. The molecule has 21 heavy (non-hydrogen) atoms. The number of ether oxygens (including phenoxy) is 2. The second-order valence-corrected chi connectivity index (χ2v) is 5.02. The summed E-state index contributed by atoms with van der Waals surface area (Å²) in [5.74, 6) is 0.186. The standard InChI is InChI=1S/C13H17BrN4O3/c1-20-11-5-4-9(14)8-10(11)12(13(19)21-2)16-6-3-7-17-18-15/h4-5,8,12,16H,3,6-7H2,1-2H3. The van der Waals surface area contributed by atoms with E-state index in [-0.39, 0.29) is 0 Å². The number of carbonyl (C=O) groups is 1. The van der Waals surface area contributed by atoms with Gasteiger partial charge in [0, 0.05) is 21.5 Å². The molecule has 0 bridgehead atoms. The fourth-order valence-electron chi connectivity index (χ4n) is 1.81. The van der Waals surface area contributed by atoms with Gasteiger partial charge in [0.05, 0.1) is 14.2 Å². The van der Waals surface area contributed by atoms with Gasteiger partial charge in [0.1, 0.15) is 11.8 Å². The summed E-state index contributed by atoms with van der Waals surface area (Å²) in [6, 6.07) is 4.77. The Morgan fingerprint density at radius 2 is 2.29 bits per heavy atom. The number of nitrogens with zero attached hydrogens (tertiary/aromatic N) is 3. The van der Waals surface area contributed by atoms with Crippen LogP contribution in [0.5, 0.6) is 5.75 Å². The third-order valence-electron chi connectivity index (χ3n) is 2.79. The number of nitrogens with one attached hydrogen (secondary N) is 1. The van der Waals surface area contributed by atoms with Gasteiger partial charge in [0.15, 0.2) is 0 Å². The Balaban J connectivity index is 2.89. The van der Waals surface area contributed by atoms with Crippen molar-refractivity contribution >= 4 is 21.9 Å². The zero-order valence-corrected chi connectivity index (χ0v) is 13.5. The lowest BCUT2D eigenvalue weighted by Gasteiger charge is -2.19. The molecule has 1 rings (SSSR count). The molecule has 0 heterocycles. The average molecular weight is 357 g/mol. The molecule has 0 aliphatic carbocycles. The van der Waals surface area contributed by atoms with E-state index >= 15 is 0 Å². The SMILES string of the molecule is COC(=O)C(NCCCN=[N+]=[N-])c1cc(Br)ccc1OC. The predicted molar refractivity (Wildman–Crippen MR) is 82.1 cm³/mol. The van der Waals surface area contributed by atoms with E-state index in [1.807, 2.05) is 6.07 Å². The number of carbonyl (C=O) groups excluding carboxylic acids is 1. The number of azide groups is 1. The van der Waals surface area contributed by atoms with Gasteiger partial charge in [0.2, 0.25) is 0 Å². The van der Waals surface area contributed by atoms with Gasteiger partial charge in [-0.1, -0.05) is 21.0 Å². The smallest absolute Gasteiger partial charge is 0.327 e. The van der Waals surface area contributed by atoms with E-state index < -0.39 is 12.0 Å². The molecule has 0 saturated heterocycles. The molecule has 0 aromatic heterocycles. The van der Waals surface area contributed by atoms with Crippen LogP contribution >= 0.6 is 15.9 Å². The number of methoxy groups -OCH3 is 2. The van der Waals surface area contributed by atoms with Crippen LogP contribution in [0.1, 0.15) is 18.0 Å². The molecular weight excluding hydrogens is 340 g/mol. The molecule has 7 nitrogen and oxygen atoms in total. The van der Waals surface area contributed by atoms with Crippen molar-refractivity contribution in [2.75, 3.05) is 27.3 Å². The zero-order valence-electron chi connectivity index (χ0n) is 11.9. The van der Waals surface area contributed by atoms with Crippen LogP contribution in [0.4, 0.5) is 0 Å². The fraction of sp³-hybridized carbons (Fsp3) is 0.462. The molecule has 1 aromatic carbocycles. The van der Waals surface area contributed by atoms with E-state index in [0.29, 0.717) is 30.8 Å². The first kappa shape index (κ1) is 17.3. The van der Waals surface area contributed by atoms with Gasteiger partial charge in [-0.2, -0.15) is 0 Å². The van der Waals surface area contributed by atoms with E-state index in [2.05, 4.69) is 31.3 Å². The number of esters is 1. The summed E-state index contributed by atoms with van der Waals surface area (Å²) in [6.07, 6.45) is 0.619. The summed E-state index contributed by atoms with van der Waals surface area (Å²) in [5, 5.41) is 6.54. The summed E-state index contributed by atoms with van der Waals surface area (Å²) in [6.45, 7) is 0.876. The normalized spacial score (nSPS) is 11.4. The Hall–Kier alpha value is -1.76. The van der Waals surface area contributed by atoms with Crippen LogP contribution in [0.25, 0.3) is 10.4 Å². The number of halogens is 1. The maximum absolute atomic E-state index is 12.0. The fourth-order valence-corrected chi connectivity index (χ4v) is 2.19. The Morgan fingerprint density at radius 3 is 2.90 bits per heavy atom. The lowest BCUT2D eigenvalue weighted by molar-refractivity contribution is -0.143.